The van der Waals surface area contributed by atoms with Crippen LogP contribution in [0.2, 0.25) is 0 Å². The molecule has 22 heavy (non-hydrogen) atoms. The fourth-order valence-corrected chi connectivity index (χ4v) is 2.60. The van der Waals surface area contributed by atoms with Crippen LogP contribution >= 0.6 is 0 Å². The number of hydrogen-bond acceptors (Lipinski definition) is 4. The molecule has 5 heteroatoms. The van der Waals surface area contributed by atoms with Gasteiger partial charge in [-0.1, -0.05) is 17.7 Å². The summed E-state index contributed by atoms with van der Waals surface area (Å²) in [4.78, 5) is 4.40. The first kappa shape index (κ1) is 12.8. The lowest BCUT2D eigenvalue weighted by molar-refractivity contribution is 0.918. The second-order valence-corrected chi connectivity index (χ2v) is 5.28. The van der Waals surface area contributed by atoms with E-state index >= 15 is 0 Å². The Labute approximate surface area is 127 Å². The highest BCUT2D eigenvalue weighted by Gasteiger charge is 2.06. The van der Waals surface area contributed by atoms with Gasteiger partial charge in [-0.2, -0.15) is 0 Å². The molecule has 3 heterocycles. The molecular formula is C17H15N5. The van der Waals surface area contributed by atoms with Crippen molar-refractivity contribution in [3.05, 3.63) is 66.2 Å². The molecule has 4 rings (SSSR count). The van der Waals surface area contributed by atoms with E-state index in [1.54, 1.807) is 0 Å². The average molecular weight is 289 g/mol. The third kappa shape index (κ3) is 2.16. The summed E-state index contributed by atoms with van der Waals surface area (Å²) in [6, 6.07) is 14.1. The van der Waals surface area contributed by atoms with Crippen LogP contribution < -0.4 is 5.32 Å². The van der Waals surface area contributed by atoms with Gasteiger partial charge < -0.3 is 5.32 Å². The topological polar surface area (TPSA) is 55.1 Å². The molecule has 0 atom stereocenters. The molecule has 0 radical (unpaired) electrons. The average Bonchev–Trinajstić information content (AvgIpc) is 2.96. The van der Waals surface area contributed by atoms with Crippen LogP contribution in [0.1, 0.15) is 11.4 Å². The molecule has 3 aromatic heterocycles. The van der Waals surface area contributed by atoms with Gasteiger partial charge in [0.1, 0.15) is 0 Å². The zero-order valence-corrected chi connectivity index (χ0v) is 12.2. The third-order valence-corrected chi connectivity index (χ3v) is 3.72. The number of nitrogens with one attached hydrogen (secondary N) is 1. The molecule has 0 fully saturated rings. The van der Waals surface area contributed by atoms with Crippen LogP contribution in [0.25, 0.3) is 16.6 Å². The van der Waals surface area contributed by atoms with E-state index in [4.69, 9.17) is 0 Å². The van der Waals surface area contributed by atoms with Gasteiger partial charge in [0.05, 0.1) is 12.1 Å². The number of fused-ring (bicyclic) bond motifs is 2. The zero-order valence-electron chi connectivity index (χ0n) is 12.2. The summed E-state index contributed by atoms with van der Waals surface area (Å²) in [5.74, 6) is 0.883. The molecule has 0 saturated carbocycles. The highest BCUT2D eigenvalue weighted by atomic mass is 15.3. The number of anilines is 1. The molecular weight excluding hydrogens is 274 g/mol. The zero-order chi connectivity index (χ0) is 14.9. The lowest BCUT2D eigenvalue weighted by Crippen LogP contribution is -2.04. The minimum Gasteiger partial charge on any atom is -0.377 e. The minimum atomic E-state index is 0.609. The quantitative estimate of drug-likeness (QED) is 0.629. The van der Waals surface area contributed by atoms with Crippen molar-refractivity contribution in [1.29, 1.82) is 0 Å². The van der Waals surface area contributed by atoms with E-state index < -0.39 is 0 Å². The van der Waals surface area contributed by atoms with E-state index in [2.05, 4.69) is 39.6 Å². The Balaban J connectivity index is 1.68. The first-order chi connectivity index (χ1) is 10.8. The molecule has 1 N–H and O–H groups in total. The molecule has 0 aliphatic heterocycles. The third-order valence-electron chi connectivity index (χ3n) is 3.72. The maximum atomic E-state index is 4.40. The van der Waals surface area contributed by atoms with E-state index in [-0.39, 0.29) is 0 Å². The largest absolute Gasteiger partial charge is 0.377 e. The van der Waals surface area contributed by atoms with Crippen molar-refractivity contribution >= 4 is 22.2 Å². The molecule has 0 amide bonds. The fourth-order valence-electron chi connectivity index (χ4n) is 2.60. The first-order valence-electron chi connectivity index (χ1n) is 7.19. The fraction of sp³-hybridized carbons (Fsp3) is 0.118. The predicted octanol–water partition coefficient (Wildman–Crippen LogP) is 3.20. The van der Waals surface area contributed by atoms with Gasteiger partial charge in [-0.05, 0) is 37.3 Å². The molecule has 0 aliphatic carbocycles. The van der Waals surface area contributed by atoms with Gasteiger partial charge in [0.2, 0.25) is 0 Å². The Kier molecular flexibility index (Phi) is 2.96. The maximum absolute atomic E-state index is 4.40. The van der Waals surface area contributed by atoms with Crippen LogP contribution in [-0.4, -0.2) is 19.6 Å². The van der Waals surface area contributed by atoms with Crippen molar-refractivity contribution in [2.45, 2.75) is 13.5 Å². The number of nitrogens with zero attached hydrogens (tertiary/aromatic N) is 4. The van der Waals surface area contributed by atoms with E-state index in [1.807, 2.05) is 47.1 Å². The van der Waals surface area contributed by atoms with Gasteiger partial charge in [-0.15, -0.1) is 10.2 Å². The summed E-state index contributed by atoms with van der Waals surface area (Å²) in [5.41, 5.74) is 4.12. The Hall–Kier alpha value is -2.95. The van der Waals surface area contributed by atoms with E-state index in [0.717, 1.165) is 28.1 Å². The van der Waals surface area contributed by atoms with Crippen LogP contribution in [0.3, 0.4) is 0 Å². The molecule has 4 aromatic rings. The Morgan fingerprint density at radius 1 is 1.09 bits per heavy atom. The molecule has 5 nitrogen and oxygen atoms in total. The monoisotopic (exact) mass is 289 g/mol. The van der Waals surface area contributed by atoms with Crippen molar-refractivity contribution in [2.75, 3.05) is 5.32 Å². The van der Waals surface area contributed by atoms with Crippen LogP contribution in [0.15, 0.2) is 54.9 Å². The van der Waals surface area contributed by atoms with E-state index in [1.165, 1.54) is 5.56 Å². The molecule has 0 saturated heterocycles. The van der Waals surface area contributed by atoms with Gasteiger partial charge in [0, 0.05) is 23.5 Å². The molecule has 0 aliphatic rings. The lowest BCUT2D eigenvalue weighted by Gasteiger charge is -2.09. The predicted molar refractivity (Wildman–Crippen MR) is 86.8 cm³/mol. The highest BCUT2D eigenvalue weighted by Crippen LogP contribution is 2.23. The number of aryl methyl sites for hydroxylation is 1. The number of benzene rings is 1. The van der Waals surface area contributed by atoms with E-state index in [9.17, 15) is 0 Å². The van der Waals surface area contributed by atoms with Gasteiger partial charge in [0.25, 0.3) is 0 Å². The molecule has 108 valence electrons. The summed E-state index contributed by atoms with van der Waals surface area (Å²) in [6.07, 6.45) is 3.79. The van der Waals surface area contributed by atoms with Crippen molar-refractivity contribution in [1.82, 2.24) is 19.6 Å². The first-order valence-corrected chi connectivity index (χ1v) is 7.19. The van der Waals surface area contributed by atoms with Crippen LogP contribution in [0.5, 0.6) is 0 Å². The second kappa shape index (κ2) is 5.11. The normalized spacial score (nSPS) is 11.1. The van der Waals surface area contributed by atoms with Crippen molar-refractivity contribution in [3.8, 4) is 0 Å². The number of rotatable bonds is 3. The summed E-state index contributed by atoms with van der Waals surface area (Å²) >= 11 is 0. The minimum absolute atomic E-state index is 0.609. The van der Waals surface area contributed by atoms with Gasteiger partial charge >= 0.3 is 0 Å². The van der Waals surface area contributed by atoms with E-state index in [0.29, 0.717) is 6.54 Å². The summed E-state index contributed by atoms with van der Waals surface area (Å²) < 4.78 is 1.99. The molecule has 0 unspecified atom stereocenters. The van der Waals surface area contributed by atoms with Crippen molar-refractivity contribution < 1.29 is 0 Å². The second-order valence-electron chi connectivity index (χ2n) is 5.28. The van der Waals surface area contributed by atoms with Crippen molar-refractivity contribution in [2.24, 2.45) is 0 Å². The Morgan fingerprint density at radius 3 is 3.00 bits per heavy atom. The smallest absolute Gasteiger partial charge is 0.160 e. The maximum Gasteiger partial charge on any atom is 0.160 e. The van der Waals surface area contributed by atoms with Crippen molar-refractivity contribution in [3.63, 3.8) is 0 Å². The van der Waals surface area contributed by atoms with Crippen LogP contribution in [-0.2, 0) is 6.54 Å². The van der Waals surface area contributed by atoms with Gasteiger partial charge in [-0.25, -0.2) is 0 Å². The summed E-state index contributed by atoms with van der Waals surface area (Å²) in [7, 11) is 0. The molecule has 1 aromatic carbocycles. The lowest BCUT2D eigenvalue weighted by atomic mass is 10.1. The standard InChI is InChI=1S/C17H15N5/c1-12-5-6-14-13(10-12)15(7-8-18-14)19-11-17-21-20-16-4-2-3-9-22(16)17/h2-10H,11H2,1H3,(H,18,19). The Bertz CT molecular complexity index is 958. The summed E-state index contributed by atoms with van der Waals surface area (Å²) in [5, 5.41) is 13.0. The number of aromatic nitrogens is 4. The molecule has 0 spiro atoms. The van der Waals surface area contributed by atoms with Crippen LogP contribution in [0, 0.1) is 6.92 Å². The molecule has 0 bridgehead atoms. The van der Waals surface area contributed by atoms with Crippen LogP contribution in [0.4, 0.5) is 5.69 Å². The van der Waals surface area contributed by atoms with Gasteiger partial charge in [0.15, 0.2) is 11.5 Å². The SMILES string of the molecule is Cc1ccc2nccc(NCc3nnc4ccccn34)c2c1. The Morgan fingerprint density at radius 2 is 2.05 bits per heavy atom. The number of hydrogen-bond donors (Lipinski definition) is 1. The van der Waals surface area contributed by atoms with Gasteiger partial charge in [-0.3, -0.25) is 9.38 Å². The summed E-state index contributed by atoms with van der Waals surface area (Å²) in [6.45, 7) is 2.69. The highest BCUT2D eigenvalue weighted by molar-refractivity contribution is 5.91. The number of pyridine rings is 2.